The number of nitrogens with one attached hydrogen (secondary N) is 1. The fraction of sp³-hybridized carbons (Fsp3) is 0.412. The molecule has 0 unspecified atom stereocenters. The molecular weight excluding hydrogens is 338 g/mol. The second-order valence-electron chi connectivity index (χ2n) is 5.85. The maximum Gasteiger partial charge on any atom is 0.234 e. The van der Waals surface area contributed by atoms with Gasteiger partial charge in [0.2, 0.25) is 11.8 Å². The second-order valence-corrected chi connectivity index (χ2v) is 6.79. The second kappa shape index (κ2) is 7.69. The van der Waals surface area contributed by atoms with E-state index in [0.717, 1.165) is 36.1 Å². The van der Waals surface area contributed by atoms with Gasteiger partial charge in [-0.05, 0) is 24.6 Å². The van der Waals surface area contributed by atoms with Crippen LogP contribution in [0.2, 0.25) is 0 Å². The van der Waals surface area contributed by atoms with Gasteiger partial charge >= 0.3 is 0 Å². The fourth-order valence-corrected chi connectivity index (χ4v) is 3.51. The van der Waals surface area contributed by atoms with E-state index < -0.39 is 0 Å². The minimum Gasteiger partial charge on any atom is -0.325 e. The maximum atomic E-state index is 12.2. The maximum absolute atomic E-state index is 12.2. The van der Waals surface area contributed by atoms with Crippen molar-refractivity contribution in [2.75, 3.05) is 22.5 Å². The van der Waals surface area contributed by atoms with Crippen molar-refractivity contribution in [3.05, 3.63) is 30.1 Å². The summed E-state index contributed by atoms with van der Waals surface area (Å²) >= 11 is 1.35. The van der Waals surface area contributed by atoms with Gasteiger partial charge in [0.1, 0.15) is 5.82 Å². The summed E-state index contributed by atoms with van der Waals surface area (Å²) in [6, 6.07) is 7.40. The Bertz CT molecular complexity index is 789. The van der Waals surface area contributed by atoms with Gasteiger partial charge in [-0.1, -0.05) is 24.8 Å². The molecule has 2 amide bonds. The summed E-state index contributed by atoms with van der Waals surface area (Å²) < 4.78 is 1.90. The van der Waals surface area contributed by atoms with Crippen molar-refractivity contribution in [2.45, 2.75) is 31.3 Å². The van der Waals surface area contributed by atoms with Crippen LogP contribution in [-0.4, -0.2) is 38.9 Å². The van der Waals surface area contributed by atoms with Crippen LogP contribution in [0.1, 0.15) is 25.6 Å². The Kier molecular flexibility index (Phi) is 5.37. The van der Waals surface area contributed by atoms with Crippen LogP contribution in [0.4, 0.5) is 11.4 Å². The molecule has 1 aromatic carbocycles. The summed E-state index contributed by atoms with van der Waals surface area (Å²) in [6.07, 6.45) is 2.27. The molecule has 1 aliphatic rings. The van der Waals surface area contributed by atoms with Crippen LogP contribution in [0.3, 0.4) is 0 Å². The number of carbonyl (C=O) groups is 2. The molecule has 1 fully saturated rings. The van der Waals surface area contributed by atoms with E-state index in [-0.39, 0.29) is 17.6 Å². The normalized spacial score (nSPS) is 14.2. The highest BCUT2D eigenvalue weighted by atomic mass is 32.2. The molecular formula is C17H21N5O2S. The van der Waals surface area contributed by atoms with Crippen molar-refractivity contribution >= 4 is 35.0 Å². The van der Waals surface area contributed by atoms with Crippen LogP contribution in [0.5, 0.6) is 0 Å². The first-order chi connectivity index (χ1) is 12.1. The predicted molar refractivity (Wildman–Crippen MR) is 97.8 cm³/mol. The summed E-state index contributed by atoms with van der Waals surface area (Å²) in [5, 5.41) is 11.8. The number of aryl methyl sites for hydroxylation is 1. The SMILES string of the molecule is CCc1nnc(SCC(=O)Nc2cccc(N3CCCC3=O)c2)n1C. The zero-order chi connectivity index (χ0) is 17.8. The summed E-state index contributed by atoms with van der Waals surface area (Å²) in [5.74, 6) is 1.16. The predicted octanol–water partition coefficient (Wildman–Crippen LogP) is 2.24. The highest BCUT2D eigenvalue weighted by molar-refractivity contribution is 7.99. The van der Waals surface area contributed by atoms with Gasteiger partial charge in [0.05, 0.1) is 5.75 Å². The number of rotatable bonds is 6. The fourth-order valence-electron chi connectivity index (χ4n) is 2.78. The van der Waals surface area contributed by atoms with E-state index in [2.05, 4.69) is 15.5 Å². The van der Waals surface area contributed by atoms with E-state index in [1.807, 2.05) is 42.8 Å². The van der Waals surface area contributed by atoms with Crippen molar-refractivity contribution in [1.29, 1.82) is 0 Å². The number of carbonyl (C=O) groups excluding carboxylic acids is 2. The van der Waals surface area contributed by atoms with Gasteiger partial charge in [0.25, 0.3) is 0 Å². The lowest BCUT2D eigenvalue weighted by Gasteiger charge is -2.16. The number of hydrogen-bond acceptors (Lipinski definition) is 5. The lowest BCUT2D eigenvalue weighted by Crippen LogP contribution is -2.23. The summed E-state index contributed by atoms with van der Waals surface area (Å²) in [4.78, 5) is 25.8. The largest absolute Gasteiger partial charge is 0.325 e. The van der Waals surface area contributed by atoms with Crippen molar-refractivity contribution in [3.8, 4) is 0 Å². The van der Waals surface area contributed by atoms with Gasteiger partial charge in [0, 0.05) is 37.8 Å². The van der Waals surface area contributed by atoms with Crippen LogP contribution in [0, 0.1) is 0 Å². The lowest BCUT2D eigenvalue weighted by atomic mass is 10.2. The summed E-state index contributed by atoms with van der Waals surface area (Å²) in [6.45, 7) is 2.75. The number of aromatic nitrogens is 3. The van der Waals surface area contributed by atoms with Crippen LogP contribution in [-0.2, 0) is 23.1 Å². The minimum atomic E-state index is -0.115. The van der Waals surface area contributed by atoms with Gasteiger partial charge in [0.15, 0.2) is 5.16 Å². The number of amides is 2. The van der Waals surface area contributed by atoms with E-state index in [1.54, 1.807) is 4.90 Å². The molecule has 0 saturated carbocycles. The smallest absolute Gasteiger partial charge is 0.234 e. The number of nitrogens with zero attached hydrogens (tertiary/aromatic N) is 4. The average molecular weight is 359 g/mol. The number of benzene rings is 1. The van der Waals surface area contributed by atoms with Crippen LogP contribution in [0.25, 0.3) is 0 Å². The first kappa shape index (κ1) is 17.5. The molecule has 1 aromatic heterocycles. The first-order valence-corrected chi connectivity index (χ1v) is 9.28. The van der Waals surface area contributed by atoms with Crippen molar-refractivity contribution in [2.24, 2.45) is 7.05 Å². The van der Waals surface area contributed by atoms with Gasteiger partial charge in [-0.2, -0.15) is 0 Å². The van der Waals surface area contributed by atoms with Gasteiger partial charge in [-0.25, -0.2) is 0 Å². The molecule has 1 aliphatic heterocycles. The standard InChI is InChI=1S/C17H21N5O2S/c1-3-14-19-20-17(21(14)2)25-11-15(23)18-12-6-4-7-13(10-12)22-9-5-8-16(22)24/h4,6-7,10H,3,5,8-9,11H2,1-2H3,(H,18,23). The molecule has 1 saturated heterocycles. The Morgan fingerprint density at radius 1 is 1.36 bits per heavy atom. The molecule has 3 rings (SSSR count). The molecule has 0 aliphatic carbocycles. The zero-order valence-corrected chi connectivity index (χ0v) is 15.2. The van der Waals surface area contributed by atoms with Crippen molar-refractivity contribution < 1.29 is 9.59 Å². The summed E-state index contributed by atoms with van der Waals surface area (Å²) in [5.41, 5.74) is 1.52. The third-order valence-corrected chi connectivity index (χ3v) is 5.11. The molecule has 7 nitrogen and oxygen atoms in total. The highest BCUT2D eigenvalue weighted by Crippen LogP contribution is 2.24. The Balaban J connectivity index is 1.59. The molecule has 2 heterocycles. The van der Waals surface area contributed by atoms with Gasteiger partial charge < -0.3 is 14.8 Å². The molecule has 132 valence electrons. The molecule has 1 N–H and O–H groups in total. The van der Waals surface area contributed by atoms with E-state index >= 15 is 0 Å². The van der Waals surface area contributed by atoms with Crippen molar-refractivity contribution in [1.82, 2.24) is 14.8 Å². The molecule has 8 heteroatoms. The summed E-state index contributed by atoms with van der Waals surface area (Å²) in [7, 11) is 1.90. The third-order valence-electron chi connectivity index (χ3n) is 4.09. The number of anilines is 2. The molecule has 0 spiro atoms. The highest BCUT2D eigenvalue weighted by Gasteiger charge is 2.21. The Morgan fingerprint density at radius 3 is 2.88 bits per heavy atom. The molecule has 0 bridgehead atoms. The molecule has 0 atom stereocenters. The van der Waals surface area contributed by atoms with E-state index in [4.69, 9.17) is 0 Å². The number of hydrogen-bond donors (Lipinski definition) is 1. The Morgan fingerprint density at radius 2 is 2.20 bits per heavy atom. The molecule has 25 heavy (non-hydrogen) atoms. The Labute approximate surface area is 150 Å². The number of thioether (sulfide) groups is 1. The molecule has 0 radical (unpaired) electrons. The monoisotopic (exact) mass is 359 g/mol. The van der Waals surface area contributed by atoms with Gasteiger partial charge in [-0.3, -0.25) is 9.59 Å². The van der Waals surface area contributed by atoms with Crippen LogP contribution < -0.4 is 10.2 Å². The molecule has 2 aromatic rings. The quantitative estimate of drug-likeness (QED) is 0.800. The lowest BCUT2D eigenvalue weighted by molar-refractivity contribution is -0.117. The minimum absolute atomic E-state index is 0.115. The van der Waals surface area contributed by atoms with Gasteiger partial charge in [-0.15, -0.1) is 10.2 Å². The Hall–Kier alpha value is -2.35. The topological polar surface area (TPSA) is 80.1 Å². The van der Waals surface area contributed by atoms with Crippen LogP contribution in [0.15, 0.2) is 29.4 Å². The third kappa shape index (κ3) is 4.01. The van der Waals surface area contributed by atoms with E-state index in [1.165, 1.54) is 11.8 Å². The first-order valence-electron chi connectivity index (χ1n) is 8.30. The zero-order valence-electron chi connectivity index (χ0n) is 14.4. The average Bonchev–Trinajstić information content (AvgIpc) is 3.19. The van der Waals surface area contributed by atoms with Crippen LogP contribution >= 0.6 is 11.8 Å². The van der Waals surface area contributed by atoms with E-state index in [0.29, 0.717) is 12.1 Å². The van der Waals surface area contributed by atoms with E-state index in [9.17, 15) is 9.59 Å². The van der Waals surface area contributed by atoms with Crippen molar-refractivity contribution in [3.63, 3.8) is 0 Å².